The molecule has 3 N–H and O–H groups in total. The maximum Gasteiger partial charge on any atom is 0.410 e. The molecule has 0 spiro atoms. The van der Waals surface area contributed by atoms with Gasteiger partial charge in [0.1, 0.15) is 5.60 Å². The van der Waals surface area contributed by atoms with Crippen molar-refractivity contribution < 1.29 is 19.1 Å². The number of nitrogens with one attached hydrogen (secondary N) is 3. The van der Waals surface area contributed by atoms with E-state index in [1.165, 1.54) is 4.90 Å². The molecular weight excluding hydrogens is 300 g/mol. The number of amides is 3. The quantitative estimate of drug-likeness (QED) is 0.574. The minimum Gasteiger partial charge on any atom is -0.444 e. The smallest absolute Gasteiger partial charge is 0.410 e. The molecule has 0 aliphatic carbocycles. The Bertz CT molecular complexity index is 420. The molecule has 0 aromatic rings. The third-order valence-electron chi connectivity index (χ3n) is 3.12. The first-order chi connectivity index (χ1) is 10.8. The van der Waals surface area contributed by atoms with Gasteiger partial charge in [-0.15, -0.1) is 0 Å². The van der Waals surface area contributed by atoms with E-state index >= 15 is 0 Å². The molecule has 0 bridgehead atoms. The molecular formula is C15H28N4O4. The lowest BCUT2D eigenvalue weighted by molar-refractivity contribution is -0.122. The number of carbonyl (C=O) groups excluding carboxylic acids is 3. The molecule has 0 radical (unpaired) electrons. The highest BCUT2D eigenvalue weighted by Crippen LogP contribution is 2.10. The first kappa shape index (κ1) is 19.2. The van der Waals surface area contributed by atoms with Gasteiger partial charge in [0.15, 0.2) is 0 Å². The molecule has 23 heavy (non-hydrogen) atoms. The summed E-state index contributed by atoms with van der Waals surface area (Å²) in [4.78, 5) is 37.1. The Balaban J connectivity index is 2.63. The van der Waals surface area contributed by atoms with Crippen molar-refractivity contribution >= 4 is 17.9 Å². The average molecular weight is 328 g/mol. The lowest BCUT2D eigenvalue weighted by Gasteiger charge is -2.27. The van der Waals surface area contributed by atoms with E-state index in [2.05, 4.69) is 16.0 Å². The standard InChI is InChI=1S/C15H28N4O4/c1-15(2,3)23-14(22)19-10-5-13(21)17-8-7-16-6-4-12(20)18-9-11-19/h16H,4-11H2,1-3H3,(H,17,21)(H,18,20). The largest absolute Gasteiger partial charge is 0.444 e. The highest BCUT2D eigenvalue weighted by Gasteiger charge is 2.22. The van der Waals surface area contributed by atoms with Gasteiger partial charge in [0, 0.05) is 52.1 Å². The van der Waals surface area contributed by atoms with Gasteiger partial charge >= 0.3 is 6.09 Å². The minimum atomic E-state index is -0.604. The van der Waals surface area contributed by atoms with Gasteiger partial charge in [-0.1, -0.05) is 0 Å². The van der Waals surface area contributed by atoms with Crippen LogP contribution in [0.5, 0.6) is 0 Å². The van der Waals surface area contributed by atoms with Gasteiger partial charge in [-0.05, 0) is 20.8 Å². The van der Waals surface area contributed by atoms with Crippen LogP contribution in [0.25, 0.3) is 0 Å². The van der Waals surface area contributed by atoms with Gasteiger partial charge in [0.2, 0.25) is 11.8 Å². The molecule has 0 unspecified atom stereocenters. The third-order valence-corrected chi connectivity index (χ3v) is 3.12. The van der Waals surface area contributed by atoms with Crippen molar-refractivity contribution in [1.29, 1.82) is 0 Å². The van der Waals surface area contributed by atoms with Crippen LogP contribution in [0.15, 0.2) is 0 Å². The van der Waals surface area contributed by atoms with Gasteiger partial charge in [-0.25, -0.2) is 4.79 Å². The number of rotatable bonds is 0. The lowest BCUT2D eigenvalue weighted by atomic mass is 10.2. The number of carbonyl (C=O) groups is 3. The number of hydrogen-bond donors (Lipinski definition) is 3. The predicted octanol–water partition coefficient (Wildman–Crippen LogP) is -0.161. The van der Waals surface area contributed by atoms with E-state index in [1.54, 1.807) is 20.8 Å². The predicted molar refractivity (Wildman–Crippen MR) is 85.9 cm³/mol. The molecule has 1 aliphatic rings. The van der Waals surface area contributed by atoms with Gasteiger partial charge in [-0.2, -0.15) is 0 Å². The highest BCUT2D eigenvalue weighted by atomic mass is 16.6. The monoisotopic (exact) mass is 328 g/mol. The van der Waals surface area contributed by atoms with Crippen molar-refractivity contribution in [2.45, 2.75) is 39.2 Å². The van der Waals surface area contributed by atoms with Crippen LogP contribution in [0.4, 0.5) is 4.79 Å². The number of ether oxygens (including phenoxy) is 1. The maximum atomic E-state index is 12.2. The summed E-state index contributed by atoms with van der Waals surface area (Å²) in [6, 6.07) is 0. The van der Waals surface area contributed by atoms with Crippen LogP contribution in [0.2, 0.25) is 0 Å². The Kier molecular flexibility index (Phi) is 7.80. The summed E-state index contributed by atoms with van der Waals surface area (Å²) in [5.74, 6) is -0.177. The van der Waals surface area contributed by atoms with Crippen LogP contribution >= 0.6 is 0 Å². The van der Waals surface area contributed by atoms with Crippen LogP contribution in [-0.2, 0) is 14.3 Å². The summed E-state index contributed by atoms with van der Waals surface area (Å²) in [6.45, 7) is 7.91. The van der Waals surface area contributed by atoms with E-state index in [9.17, 15) is 14.4 Å². The molecule has 0 aromatic heterocycles. The average Bonchev–Trinajstić information content (AvgIpc) is 2.43. The normalized spacial score (nSPS) is 19.3. The highest BCUT2D eigenvalue weighted by molar-refractivity contribution is 5.77. The fourth-order valence-corrected chi connectivity index (χ4v) is 1.98. The molecule has 3 amide bonds. The summed E-state index contributed by atoms with van der Waals surface area (Å²) in [6.07, 6.45) is 0.0847. The van der Waals surface area contributed by atoms with E-state index in [-0.39, 0.29) is 24.8 Å². The Labute approximate surface area is 137 Å². The molecule has 1 aliphatic heterocycles. The fourth-order valence-electron chi connectivity index (χ4n) is 1.98. The molecule has 8 heteroatoms. The van der Waals surface area contributed by atoms with E-state index in [4.69, 9.17) is 4.74 Å². The number of nitrogens with zero attached hydrogens (tertiary/aromatic N) is 1. The molecule has 1 rings (SSSR count). The van der Waals surface area contributed by atoms with Crippen molar-refractivity contribution in [3.05, 3.63) is 0 Å². The zero-order chi connectivity index (χ0) is 17.3. The van der Waals surface area contributed by atoms with Crippen molar-refractivity contribution in [1.82, 2.24) is 20.9 Å². The summed E-state index contributed by atoms with van der Waals surface area (Å²) in [5, 5.41) is 8.62. The second-order valence-electron chi connectivity index (χ2n) is 6.42. The molecule has 132 valence electrons. The third kappa shape index (κ3) is 9.02. The SMILES string of the molecule is CC(C)(C)OC(=O)N1CCNC(=O)CCNCCNC(=O)CC1. The van der Waals surface area contributed by atoms with Crippen LogP contribution < -0.4 is 16.0 Å². The van der Waals surface area contributed by atoms with Crippen molar-refractivity contribution in [2.75, 3.05) is 39.3 Å². The summed E-state index contributed by atoms with van der Waals surface area (Å²) < 4.78 is 5.34. The van der Waals surface area contributed by atoms with Crippen LogP contribution in [0.1, 0.15) is 33.6 Å². The first-order valence-corrected chi connectivity index (χ1v) is 8.00. The van der Waals surface area contributed by atoms with Crippen LogP contribution in [0, 0.1) is 0 Å². The topological polar surface area (TPSA) is 99.8 Å². The molecule has 8 nitrogen and oxygen atoms in total. The Morgan fingerprint density at radius 1 is 0.957 bits per heavy atom. The Hall–Kier alpha value is -1.83. The van der Waals surface area contributed by atoms with Crippen LogP contribution in [-0.4, -0.2) is 67.7 Å². The van der Waals surface area contributed by atoms with Crippen molar-refractivity contribution in [3.8, 4) is 0 Å². The van der Waals surface area contributed by atoms with Crippen molar-refractivity contribution in [2.24, 2.45) is 0 Å². The summed E-state index contributed by atoms with van der Waals surface area (Å²) in [7, 11) is 0. The lowest BCUT2D eigenvalue weighted by Crippen LogP contribution is -2.44. The van der Waals surface area contributed by atoms with Crippen LogP contribution in [0.3, 0.4) is 0 Å². The summed E-state index contributed by atoms with van der Waals surface area (Å²) in [5.41, 5.74) is -0.604. The van der Waals surface area contributed by atoms with Gasteiger partial charge in [0.05, 0.1) is 0 Å². The minimum absolute atomic E-state index is 0.0669. The van der Waals surface area contributed by atoms with Gasteiger partial charge < -0.3 is 25.6 Å². The molecule has 1 saturated heterocycles. The second kappa shape index (κ2) is 9.34. The zero-order valence-electron chi connectivity index (χ0n) is 14.2. The van der Waals surface area contributed by atoms with Gasteiger partial charge in [-0.3, -0.25) is 9.59 Å². The Morgan fingerprint density at radius 3 is 2.30 bits per heavy atom. The molecule has 1 heterocycles. The number of hydrogen-bond acceptors (Lipinski definition) is 5. The Morgan fingerprint density at radius 2 is 1.61 bits per heavy atom. The molecule has 0 atom stereocenters. The van der Waals surface area contributed by atoms with E-state index in [0.29, 0.717) is 39.1 Å². The maximum absolute atomic E-state index is 12.2. The first-order valence-electron chi connectivity index (χ1n) is 8.00. The van der Waals surface area contributed by atoms with Crippen molar-refractivity contribution in [3.63, 3.8) is 0 Å². The second-order valence-corrected chi connectivity index (χ2v) is 6.42. The van der Waals surface area contributed by atoms with E-state index in [0.717, 1.165) is 0 Å². The van der Waals surface area contributed by atoms with Gasteiger partial charge in [0.25, 0.3) is 0 Å². The van der Waals surface area contributed by atoms with E-state index in [1.807, 2.05) is 0 Å². The van der Waals surface area contributed by atoms with E-state index < -0.39 is 11.7 Å². The molecule has 0 saturated carbocycles. The zero-order valence-corrected chi connectivity index (χ0v) is 14.2. The molecule has 0 aromatic carbocycles. The molecule has 1 fully saturated rings. The fraction of sp³-hybridized carbons (Fsp3) is 0.800. The summed E-state index contributed by atoms with van der Waals surface area (Å²) >= 11 is 0.